The lowest BCUT2D eigenvalue weighted by Crippen LogP contribution is -2.59. The monoisotopic (exact) mass is 466 g/mol. The normalized spacial score (nSPS) is 21.1. The molecule has 7 heteroatoms. The van der Waals surface area contributed by atoms with Gasteiger partial charge in [0.25, 0.3) is 0 Å². The van der Waals surface area contributed by atoms with Gasteiger partial charge in [0.15, 0.2) is 5.96 Å². The number of nitrogens with zero attached hydrogens (tertiary/aromatic N) is 2. The summed E-state index contributed by atoms with van der Waals surface area (Å²) in [5.41, 5.74) is 0.276. The van der Waals surface area contributed by atoms with Crippen molar-refractivity contribution in [2.75, 3.05) is 40.3 Å². The van der Waals surface area contributed by atoms with Crippen LogP contribution < -0.4 is 10.6 Å². The largest absolute Gasteiger partial charge is 0.469 e. The summed E-state index contributed by atoms with van der Waals surface area (Å²) < 4.78 is 4.67. The van der Waals surface area contributed by atoms with Crippen molar-refractivity contribution in [3.8, 4) is 0 Å². The number of carbonyl (C=O) groups is 1. The maximum atomic E-state index is 11.2. The van der Waals surface area contributed by atoms with Crippen LogP contribution in [0.15, 0.2) is 4.99 Å². The van der Waals surface area contributed by atoms with Crippen LogP contribution in [0, 0.1) is 0 Å². The smallest absolute Gasteiger partial charge is 0.307 e. The van der Waals surface area contributed by atoms with Crippen LogP contribution in [0.25, 0.3) is 0 Å². The first-order valence-corrected chi connectivity index (χ1v) is 9.46. The number of aliphatic imine (C=N–C) groups is 1. The lowest BCUT2D eigenvalue weighted by atomic mass is 9.79. The summed E-state index contributed by atoms with van der Waals surface area (Å²) in [5.74, 6) is 0.580. The van der Waals surface area contributed by atoms with Crippen molar-refractivity contribution in [3.63, 3.8) is 0 Å². The minimum Gasteiger partial charge on any atom is -0.469 e. The van der Waals surface area contributed by atoms with E-state index in [0.29, 0.717) is 13.0 Å². The van der Waals surface area contributed by atoms with E-state index in [2.05, 4.69) is 25.3 Å². The number of hydrogen-bond donors (Lipinski definition) is 2. The number of rotatable bonds is 6. The third-order valence-electron chi connectivity index (χ3n) is 5.47. The average Bonchev–Trinajstić information content (AvgIpc) is 2.65. The number of carbonyl (C=O) groups excluding carboxylic acids is 1. The van der Waals surface area contributed by atoms with Gasteiger partial charge in [-0.1, -0.05) is 25.7 Å². The second-order valence-electron chi connectivity index (χ2n) is 7.01. The molecule has 0 unspecified atom stereocenters. The fourth-order valence-corrected chi connectivity index (χ4v) is 4.04. The maximum absolute atomic E-state index is 11.2. The molecule has 1 heterocycles. The standard InChI is InChI=1S/C18H34N4O2.HI/c1-19-17(20-12-9-16(23)24-2)21-15-18(10-5-3-6-11-18)22-13-7-4-8-14-22;/h3-15H2,1-2H3,(H2,19,20,21);1H. The van der Waals surface area contributed by atoms with Crippen molar-refractivity contribution in [2.45, 2.75) is 63.3 Å². The van der Waals surface area contributed by atoms with Gasteiger partial charge in [-0.15, -0.1) is 24.0 Å². The van der Waals surface area contributed by atoms with Crippen LogP contribution in [0.3, 0.4) is 0 Å². The molecule has 0 aromatic heterocycles. The second-order valence-corrected chi connectivity index (χ2v) is 7.01. The zero-order valence-corrected chi connectivity index (χ0v) is 18.1. The molecule has 2 N–H and O–H groups in total. The fourth-order valence-electron chi connectivity index (χ4n) is 4.04. The van der Waals surface area contributed by atoms with E-state index in [9.17, 15) is 4.79 Å². The van der Waals surface area contributed by atoms with Crippen molar-refractivity contribution in [2.24, 2.45) is 4.99 Å². The molecule has 2 fully saturated rings. The van der Waals surface area contributed by atoms with Crippen molar-refractivity contribution < 1.29 is 9.53 Å². The number of likely N-dealkylation sites (tertiary alicyclic amines) is 1. The molecule has 1 aliphatic carbocycles. The SMILES string of the molecule is CN=C(NCCC(=O)OC)NCC1(N2CCCCC2)CCCCC1.I. The lowest BCUT2D eigenvalue weighted by Gasteiger charge is -2.48. The Labute approximate surface area is 169 Å². The Morgan fingerprint density at radius 2 is 1.72 bits per heavy atom. The molecule has 0 radical (unpaired) electrons. The highest BCUT2D eigenvalue weighted by Gasteiger charge is 2.38. The first kappa shape index (κ1) is 22.5. The predicted molar refractivity (Wildman–Crippen MR) is 113 cm³/mol. The molecule has 25 heavy (non-hydrogen) atoms. The Morgan fingerprint density at radius 3 is 2.32 bits per heavy atom. The van der Waals surface area contributed by atoms with Crippen molar-refractivity contribution in [1.82, 2.24) is 15.5 Å². The molecular weight excluding hydrogens is 431 g/mol. The summed E-state index contributed by atoms with van der Waals surface area (Å²) in [6, 6.07) is 0. The summed E-state index contributed by atoms with van der Waals surface area (Å²) in [6.07, 6.45) is 11.0. The van der Waals surface area contributed by atoms with E-state index in [4.69, 9.17) is 0 Å². The molecule has 0 bridgehead atoms. The molecular formula is C18H35IN4O2. The summed E-state index contributed by atoms with van der Waals surface area (Å²) in [6.45, 7) is 3.94. The lowest BCUT2D eigenvalue weighted by molar-refractivity contribution is -0.140. The number of nitrogens with one attached hydrogen (secondary N) is 2. The van der Waals surface area contributed by atoms with Gasteiger partial charge in [0.05, 0.1) is 13.5 Å². The number of halogens is 1. The van der Waals surface area contributed by atoms with Crippen LogP contribution in [-0.2, 0) is 9.53 Å². The molecule has 0 spiro atoms. The van der Waals surface area contributed by atoms with E-state index in [1.54, 1.807) is 7.05 Å². The summed E-state index contributed by atoms with van der Waals surface area (Å²) in [7, 11) is 3.20. The van der Waals surface area contributed by atoms with Crippen LogP contribution in [0.2, 0.25) is 0 Å². The molecule has 0 amide bonds. The van der Waals surface area contributed by atoms with E-state index in [0.717, 1.165) is 12.5 Å². The molecule has 0 atom stereocenters. The molecule has 6 nitrogen and oxygen atoms in total. The van der Waals surface area contributed by atoms with E-state index in [1.165, 1.54) is 71.6 Å². The average molecular weight is 466 g/mol. The van der Waals surface area contributed by atoms with Gasteiger partial charge < -0.3 is 15.4 Å². The van der Waals surface area contributed by atoms with Gasteiger partial charge in [-0.3, -0.25) is 14.7 Å². The third-order valence-corrected chi connectivity index (χ3v) is 5.47. The molecule has 2 aliphatic rings. The van der Waals surface area contributed by atoms with Gasteiger partial charge >= 0.3 is 5.97 Å². The van der Waals surface area contributed by atoms with Crippen LogP contribution >= 0.6 is 24.0 Å². The summed E-state index contributed by atoms with van der Waals surface area (Å²) in [5, 5.41) is 6.73. The van der Waals surface area contributed by atoms with Gasteiger partial charge in [-0.2, -0.15) is 0 Å². The molecule has 1 aliphatic heterocycles. The number of ether oxygens (including phenoxy) is 1. The Hall–Kier alpha value is -0.570. The highest BCUT2D eigenvalue weighted by atomic mass is 127. The third kappa shape index (κ3) is 6.92. The first-order chi connectivity index (χ1) is 11.7. The number of piperidine rings is 1. The molecule has 0 aromatic rings. The highest BCUT2D eigenvalue weighted by Crippen LogP contribution is 2.35. The van der Waals surface area contributed by atoms with Gasteiger partial charge in [0.1, 0.15) is 0 Å². The van der Waals surface area contributed by atoms with E-state index in [-0.39, 0.29) is 35.5 Å². The van der Waals surface area contributed by atoms with Crippen LogP contribution in [0.4, 0.5) is 0 Å². The van der Waals surface area contributed by atoms with Crippen molar-refractivity contribution in [3.05, 3.63) is 0 Å². The molecule has 1 saturated heterocycles. The zero-order chi connectivity index (χ0) is 17.3. The minimum atomic E-state index is -0.199. The fraction of sp³-hybridized carbons (Fsp3) is 0.889. The maximum Gasteiger partial charge on any atom is 0.307 e. The minimum absolute atomic E-state index is 0. The number of esters is 1. The summed E-state index contributed by atoms with van der Waals surface area (Å²) in [4.78, 5) is 18.2. The van der Waals surface area contributed by atoms with Crippen LogP contribution in [0.1, 0.15) is 57.8 Å². The van der Waals surface area contributed by atoms with Crippen LogP contribution in [-0.4, -0.2) is 62.7 Å². The Kier molecular flexibility index (Phi) is 10.7. The van der Waals surface area contributed by atoms with E-state index in [1.807, 2.05) is 0 Å². The van der Waals surface area contributed by atoms with Crippen LogP contribution in [0.5, 0.6) is 0 Å². The molecule has 1 saturated carbocycles. The molecule has 146 valence electrons. The van der Waals surface area contributed by atoms with Gasteiger partial charge in [0.2, 0.25) is 0 Å². The van der Waals surface area contributed by atoms with Crippen molar-refractivity contribution in [1.29, 1.82) is 0 Å². The quantitative estimate of drug-likeness (QED) is 0.273. The first-order valence-electron chi connectivity index (χ1n) is 9.46. The highest BCUT2D eigenvalue weighted by molar-refractivity contribution is 14.0. The number of guanidine groups is 1. The van der Waals surface area contributed by atoms with Crippen molar-refractivity contribution >= 4 is 35.9 Å². The van der Waals surface area contributed by atoms with Gasteiger partial charge in [-0.05, 0) is 38.8 Å². The molecule has 2 rings (SSSR count). The predicted octanol–water partition coefficient (Wildman–Crippen LogP) is 2.52. The van der Waals surface area contributed by atoms with E-state index < -0.39 is 0 Å². The number of methoxy groups -OCH3 is 1. The summed E-state index contributed by atoms with van der Waals surface area (Å²) >= 11 is 0. The topological polar surface area (TPSA) is 66.0 Å². The second kappa shape index (κ2) is 11.9. The van der Waals surface area contributed by atoms with Gasteiger partial charge in [-0.25, -0.2) is 0 Å². The Bertz CT molecular complexity index is 419. The Balaban J connectivity index is 0.00000312. The number of hydrogen-bond acceptors (Lipinski definition) is 4. The van der Waals surface area contributed by atoms with Gasteiger partial charge in [0, 0.05) is 25.7 Å². The zero-order valence-electron chi connectivity index (χ0n) is 15.8. The Morgan fingerprint density at radius 1 is 1.08 bits per heavy atom. The van der Waals surface area contributed by atoms with E-state index >= 15 is 0 Å². The molecule has 0 aromatic carbocycles.